The average Bonchev–Trinajstić information content (AvgIpc) is 2.38. The predicted molar refractivity (Wildman–Crippen MR) is 70.3 cm³/mol. The van der Waals surface area contributed by atoms with Crippen molar-refractivity contribution in [2.75, 3.05) is 0 Å². The van der Waals surface area contributed by atoms with Crippen molar-refractivity contribution in [2.45, 2.75) is 6.61 Å². The second-order valence-electron chi connectivity index (χ2n) is 3.52. The van der Waals surface area contributed by atoms with Crippen molar-refractivity contribution in [1.82, 2.24) is 0 Å². The Balaban J connectivity index is 1.89. The summed E-state index contributed by atoms with van der Waals surface area (Å²) in [4.78, 5) is 5.19. The first-order valence-corrected chi connectivity index (χ1v) is 5.68. The highest BCUT2D eigenvalue weighted by Gasteiger charge is 1.94. The molecular formula is C14H12ClNO. The Kier molecular flexibility index (Phi) is 4.17. The van der Waals surface area contributed by atoms with Crippen molar-refractivity contribution < 1.29 is 4.84 Å². The molecule has 0 N–H and O–H groups in total. The van der Waals surface area contributed by atoms with Gasteiger partial charge < -0.3 is 4.84 Å². The molecule has 0 atom stereocenters. The van der Waals surface area contributed by atoms with E-state index in [0.29, 0.717) is 11.6 Å². The zero-order valence-electron chi connectivity index (χ0n) is 9.21. The van der Waals surface area contributed by atoms with Gasteiger partial charge in [-0.3, -0.25) is 0 Å². The van der Waals surface area contributed by atoms with Crippen molar-refractivity contribution in [1.29, 1.82) is 0 Å². The molecule has 0 aliphatic carbocycles. The fourth-order valence-electron chi connectivity index (χ4n) is 1.36. The fourth-order valence-corrected chi connectivity index (χ4v) is 1.54. The van der Waals surface area contributed by atoms with E-state index >= 15 is 0 Å². The second kappa shape index (κ2) is 6.06. The van der Waals surface area contributed by atoms with Gasteiger partial charge in [-0.25, -0.2) is 0 Å². The summed E-state index contributed by atoms with van der Waals surface area (Å²) >= 11 is 5.97. The molecule has 0 saturated heterocycles. The molecule has 0 aromatic heterocycles. The van der Waals surface area contributed by atoms with Crippen LogP contribution >= 0.6 is 11.6 Å². The molecule has 2 aromatic rings. The minimum Gasteiger partial charge on any atom is -0.391 e. The van der Waals surface area contributed by atoms with Gasteiger partial charge in [0.2, 0.25) is 0 Å². The maximum atomic E-state index is 5.97. The van der Waals surface area contributed by atoms with Crippen LogP contribution in [0.5, 0.6) is 0 Å². The zero-order chi connectivity index (χ0) is 11.9. The second-order valence-corrected chi connectivity index (χ2v) is 3.92. The summed E-state index contributed by atoms with van der Waals surface area (Å²) < 4.78 is 0. The maximum absolute atomic E-state index is 5.97. The normalized spacial score (nSPS) is 10.6. The van der Waals surface area contributed by atoms with Crippen LogP contribution in [0.2, 0.25) is 5.02 Å². The lowest BCUT2D eigenvalue weighted by Crippen LogP contribution is -1.88. The van der Waals surface area contributed by atoms with Gasteiger partial charge in [0.15, 0.2) is 0 Å². The van der Waals surface area contributed by atoms with Crippen molar-refractivity contribution >= 4 is 17.8 Å². The molecule has 3 heteroatoms. The minimum atomic E-state index is 0.460. The summed E-state index contributed by atoms with van der Waals surface area (Å²) in [6.45, 7) is 0.460. The Bertz CT molecular complexity index is 497. The number of hydrogen-bond acceptors (Lipinski definition) is 2. The number of hydrogen-bond donors (Lipinski definition) is 0. The lowest BCUT2D eigenvalue weighted by molar-refractivity contribution is 0.132. The Morgan fingerprint density at radius 3 is 2.47 bits per heavy atom. The molecule has 2 aromatic carbocycles. The van der Waals surface area contributed by atoms with Crippen molar-refractivity contribution in [3.63, 3.8) is 0 Å². The van der Waals surface area contributed by atoms with Gasteiger partial charge in [0.05, 0.1) is 6.21 Å². The highest BCUT2D eigenvalue weighted by molar-refractivity contribution is 6.33. The van der Waals surface area contributed by atoms with Crippen LogP contribution in [-0.4, -0.2) is 6.21 Å². The van der Waals surface area contributed by atoms with Gasteiger partial charge in [0.1, 0.15) is 6.61 Å². The van der Waals surface area contributed by atoms with Gasteiger partial charge in [-0.1, -0.05) is 65.3 Å². The maximum Gasteiger partial charge on any atom is 0.142 e. The standard InChI is InChI=1S/C14H12ClNO/c15-14-9-5-4-8-13(14)10-16-17-11-12-6-2-1-3-7-12/h1-10H,11H2. The third kappa shape index (κ3) is 3.61. The number of rotatable bonds is 4. The molecule has 0 aliphatic heterocycles. The van der Waals surface area contributed by atoms with Crippen molar-refractivity contribution in [3.8, 4) is 0 Å². The molecule has 0 aliphatic rings. The van der Waals surface area contributed by atoms with Crippen LogP contribution in [0.3, 0.4) is 0 Å². The van der Waals surface area contributed by atoms with Gasteiger partial charge in [-0.05, 0) is 11.6 Å². The predicted octanol–water partition coefficient (Wildman–Crippen LogP) is 3.89. The third-order valence-corrected chi connectivity index (χ3v) is 2.59. The Labute approximate surface area is 105 Å². The first-order valence-electron chi connectivity index (χ1n) is 5.30. The zero-order valence-corrected chi connectivity index (χ0v) is 9.97. The topological polar surface area (TPSA) is 21.6 Å². The number of nitrogens with zero attached hydrogens (tertiary/aromatic N) is 1. The molecule has 0 fully saturated rings. The van der Waals surface area contributed by atoms with Crippen LogP contribution in [0.25, 0.3) is 0 Å². The van der Waals surface area contributed by atoms with E-state index in [2.05, 4.69) is 5.16 Å². The van der Waals surface area contributed by atoms with Crippen molar-refractivity contribution in [3.05, 3.63) is 70.7 Å². The molecule has 86 valence electrons. The Morgan fingerprint density at radius 1 is 1.00 bits per heavy atom. The highest BCUT2D eigenvalue weighted by atomic mass is 35.5. The first-order chi connectivity index (χ1) is 8.36. The largest absolute Gasteiger partial charge is 0.391 e. The molecule has 0 amide bonds. The summed E-state index contributed by atoms with van der Waals surface area (Å²) in [5, 5.41) is 4.55. The highest BCUT2D eigenvalue weighted by Crippen LogP contribution is 2.12. The molecule has 0 spiro atoms. The Morgan fingerprint density at radius 2 is 1.71 bits per heavy atom. The molecule has 0 bridgehead atoms. The lowest BCUT2D eigenvalue weighted by Gasteiger charge is -1.99. The molecule has 0 unspecified atom stereocenters. The van der Waals surface area contributed by atoms with E-state index in [1.54, 1.807) is 6.21 Å². The third-order valence-electron chi connectivity index (χ3n) is 2.25. The molecule has 2 nitrogen and oxygen atoms in total. The van der Waals surface area contributed by atoms with E-state index in [1.807, 2.05) is 54.6 Å². The van der Waals surface area contributed by atoms with Gasteiger partial charge in [0, 0.05) is 10.6 Å². The van der Waals surface area contributed by atoms with E-state index < -0.39 is 0 Å². The molecule has 17 heavy (non-hydrogen) atoms. The fraction of sp³-hybridized carbons (Fsp3) is 0.0714. The Hall–Kier alpha value is -1.80. The van der Waals surface area contributed by atoms with Crippen molar-refractivity contribution in [2.24, 2.45) is 5.16 Å². The SMILES string of the molecule is Clc1ccccc1C=NOCc1ccccc1. The van der Waals surface area contributed by atoms with E-state index in [4.69, 9.17) is 16.4 Å². The van der Waals surface area contributed by atoms with Gasteiger partial charge >= 0.3 is 0 Å². The van der Waals surface area contributed by atoms with Crippen LogP contribution in [-0.2, 0) is 11.4 Å². The van der Waals surface area contributed by atoms with Crippen LogP contribution in [0.1, 0.15) is 11.1 Å². The van der Waals surface area contributed by atoms with Gasteiger partial charge in [-0.15, -0.1) is 0 Å². The number of benzene rings is 2. The summed E-state index contributed by atoms with van der Waals surface area (Å²) in [5.74, 6) is 0. The minimum absolute atomic E-state index is 0.460. The number of halogens is 1. The number of oxime groups is 1. The van der Waals surface area contributed by atoms with Crippen LogP contribution in [0.15, 0.2) is 59.8 Å². The summed E-state index contributed by atoms with van der Waals surface area (Å²) in [6, 6.07) is 17.4. The molecular weight excluding hydrogens is 234 g/mol. The molecule has 0 radical (unpaired) electrons. The van der Waals surface area contributed by atoms with E-state index in [0.717, 1.165) is 11.1 Å². The van der Waals surface area contributed by atoms with Gasteiger partial charge in [0.25, 0.3) is 0 Å². The van der Waals surface area contributed by atoms with E-state index in [9.17, 15) is 0 Å². The quantitative estimate of drug-likeness (QED) is 0.592. The molecule has 0 heterocycles. The monoisotopic (exact) mass is 245 g/mol. The van der Waals surface area contributed by atoms with E-state index in [1.165, 1.54) is 0 Å². The summed E-state index contributed by atoms with van der Waals surface area (Å²) in [7, 11) is 0. The van der Waals surface area contributed by atoms with Crippen LogP contribution < -0.4 is 0 Å². The first kappa shape index (κ1) is 11.7. The smallest absolute Gasteiger partial charge is 0.142 e. The lowest BCUT2D eigenvalue weighted by atomic mass is 10.2. The van der Waals surface area contributed by atoms with Crippen LogP contribution in [0.4, 0.5) is 0 Å². The average molecular weight is 246 g/mol. The summed E-state index contributed by atoms with van der Waals surface area (Å²) in [5.41, 5.74) is 1.94. The molecule has 0 saturated carbocycles. The van der Waals surface area contributed by atoms with Gasteiger partial charge in [-0.2, -0.15) is 0 Å². The summed E-state index contributed by atoms with van der Waals surface area (Å²) in [6.07, 6.45) is 1.62. The van der Waals surface area contributed by atoms with Crippen LogP contribution in [0, 0.1) is 0 Å². The molecule has 2 rings (SSSR count). The van der Waals surface area contributed by atoms with E-state index in [-0.39, 0.29) is 0 Å².